The van der Waals surface area contributed by atoms with E-state index in [4.69, 9.17) is 4.74 Å². The van der Waals surface area contributed by atoms with E-state index in [-0.39, 0.29) is 23.8 Å². The molecule has 0 spiro atoms. The van der Waals surface area contributed by atoms with Gasteiger partial charge in [-0.1, -0.05) is 0 Å². The van der Waals surface area contributed by atoms with E-state index in [1.807, 2.05) is 0 Å². The van der Waals surface area contributed by atoms with E-state index in [1.165, 1.54) is 13.3 Å². The molecule has 0 aromatic carbocycles. The SMILES string of the molecule is COc1cc(C)ncc1S(=O)[O-].[Li+]. The van der Waals surface area contributed by atoms with E-state index in [2.05, 4.69) is 4.98 Å². The van der Waals surface area contributed by atoms with E-state index < -0.39 is 11.1 Å². The van der Waals surface area contributed by atoms with Crippen LogP contribution in [0.15, 0.2) is 17.2 Å². The summed E-state index contributed by atoms with van der Waals surface area (Å²) in [5, 5.41) is 0. The first-order valence-corrected chi connectivity index (χ1v) is 4.32. The van der Waals surface area contributed by atoms with Crippen LogP contribution in [0.2, 0.25) is 0 Å². The third-order valence-corrected chi connectivity index (χ3v) is 2.03. The number of rotatable bonds is 2. The number of aryl methyl sites for hydroxylation is 1. The maximum absolute atomic E-state index is 10.6. The molecule has 0 aliphatic heterocycles. The molecule has 0 N–H and O–H groups in total. The Morgan fingerprint density at radius 2 is 2.23 bits per heavy atom. The van der Waals surface area contributed by atoms with Gasteiger partial charge in [0.25, 0.3) is 0 Å². The second-order valence-corrected chi connectivity index (χ2v) is 3.12. The summed E-state index contributed by atoms with van der Waals surface area (Å²) in [5.41, 5.74) is 0.723. The Morgan fingerprint density at radius 1 is 1.62 bits per heavy atom. The fraction of sp³-hybridized carbons (Fsp3) is 0.286. The summed E-state index contributed by atoms with van der Waals surface area (Å²) in [6.07, 6.45) is 1.28. The van der Waals surface area contributed by atoms with Gasteiger partial charge in [0.2, 0.25) is 0 Å². The first-order valence-electron chi connectivity index (χ1n) is 3.25. The van der Waals surface area contributed by atoms with Gasteiger partial charge in [0.1, 0.15) is 5.75 Å². The van der Waals surface area contributed by atoms with Gasteiger partial charge in [0.15, 0.2) is 0 Å². The Labute approximate surface area is 91.2 Å². The van der Waals surface area contributed by atoms with Crippen LogP contribution >= 0.6 is 0 Å². The van der Waals surface area contributed by atoms with E-state index in [9.17, 15) is 8.76 Å². The Morgan fingerprint density at radius 3 is 2.69 bits per heavy atom. The normalized spacial score (nSPS) is 11.6. The number of nitrogens with zero attached hydrogens (tertiary/aromatic N) is 1. The standard InChI is InChI=1S/C7H9NO3S.Li/c1-5-3-6(11-2)7(4-8-5)12(9)10;/h3-4H,1-2H3,(H,9,10);/q;+1/p-1. The number of aromatic nitrogens is 1. The van der Waals surface area contributed by atoms with Gasteiger partial charge in [-0.15, -0.1) is 0 Å². The zero-order chi connectivity index (χ0) is 9.14. The summed E-state index contributed by atoms with van der Waals surface area (Å²) in [4.78, 5) is 3.92. The van der Waals surface area contributed by atoms with Gasteiger partial charge < -0.3 is 9.29 Å². The number of pyridine rings is 1. The Kier molecular flexibility index (Phi) is 5.26. The fourth-order valence-electron chi connectivity index (χ4n) is 0.807. The van der Waals surface area contributed by atoms with Gasteiger partial charge in [0, 0.05) is 18.0 Å². The minimum absolute atomic E-state index is 0. The third-order valence-electron chi connectivity index (χ3n) is 1.37. The quantitative estimate of drug-likeness (QED) is 0.389. The van der Waals surface area contributed by atoms with Crippen LogP contribution in [0.25, 0.3) is 0 Å². The summed E-state index contributed by atoms with van der Waals surface area (Å²) in [7, 11) is 1.42. The van der Waals surface area contributed by atoms with Crippen LogP contribution in [-0.2, 0) is 11.1 Å². The maximum atomic E-state index is 10.6. The monoisotopic (exact) mass is 193 g/mol. The van der Waals surface area contributed by atoms with Crippen LogP contribution < -0.4 is 23.6 Å². The summed E-state index contributed by atoms with van der Waals surface area (Å²) >= 11 is -2.29. The summed E-state index contributed by atoms with van der Waals surface area (Å²) in [5.74, 6) is 0.329. The van der Waals surface area contributed by atoms with Crippen molar-refractivity contribution in [2.75, 3.05) is 7.11 Å². The van der Waals surface area contributed by atoms with Crippen molar-refractivity contribution >= 4 is 11.1 Å². The third kappa shape index (κ3) is 3.12. The second kappa shape index (κ2) is 5.40. The molecule has 0 saturated heterocycles. The Hall–Kier alpha value is -0.343. The first kappa shape index (κ1) is 12.7. The van der Waals surface area contributed by atoms with Crippen molar-refractivity contribution in [2.24, 2.45) is 0 Å². The van der Waals surface area contributed by atoms with Gasteiger partial charge in [-0.3, -0.25) is 9.19 Å². The van der Waals surface area contributed by atoms with Gasteiger partial charge in [-0.05, 0) is 18.0 Å². The van der Waals surface area contributed by atoms with E-state index in [0.29, 0.717) is 5.75 Å². The van der Waals surface area contributed by atoms with Crippen molar-refractivity contribution in [3.63, 3.8) is 0 Å². The van der Waals surface area contributed by atoms with Gasteiger partial charge >= 0.3 is 18.9 Å². The molecule has 6 heteroatoms. The van der Waals surface area contributed by atoms with Crippen molar-refractivity contribution < 1.29 is 32.4 Å². The number of hydrogen-bond donors (Lipinski definition) is 0. The number of hydrogen-bond acceptors (Lipinski definition) is 4. The Balaban J connectivity index is 0.00000144. The van der Waals surface area contributed by atoms with Crippen molar-refractivity contribution in [1.82, 2.24) is 4.98 Å². The molecule has 0 aliphatic rings. The molecule has 1 aromatic heterocycles. The molecule has 0 saturated carbocycles. The molecule has 1 rings (SSSR count). The van der Waals surface area contributed by atoms with Gasteiger partial charge in [-0.25, -0.2) is 0 Å². The number of methoxy groups -OCH3 is 1. The minimum atomic E-state index is -2.29. The molecule has 0 fully saturated rings. The zero-order valence-corrected chi connectivity index (χ0v) is 8.55. The molecule has 1 unspecified atom stereocenters. The first-order chi connectivity index (χ1) is 5.65. The van der Waals surface area contributed by atoms with Crippen LogP contribution in [0.3, 0.4) is 0 Å². The van der Waals surface area contributed by atoms with Crippen molar-refractivity contribution in [1.29, 1.82) is 0 Å². The summed E-state index contributed by atoms with van der Waals surface area (Å²) in [6, 6.07) is 1.57. The molecule has 1 heterocycles. The molecule has 1 atom stereocenters. The average Bonchev–Trinajstić information content (AvgIpc) is 2.03. The van der Waals surface area contributed by atoms with Crippen molar-refractivity contribution in [2.45, 2.75) is 11.8 Å². The van der Waals surface area contributed by atoms with E-state index >= 15 is 0 Å². The molecule has 66 valence electrons. The smallest absolute Gasteiger partial charge is 0.768 e. The molecular formula is C7H8LiNO3S. The van der Waals surface area contributed by atoms with E-state index in [1.54, 1.807) is 13.0 Å². The van der Waals surface area contributed by atoms with Crippen LogP contribution in [0, 0.1) is 6.92 Å². The summed E-state index contributed by atoms with van der Waals surface area (Å²) in [6.45, 7) is 1.76. The predicted octanol–water partition coefficient (Wildman–Crippen LogP) is -2.36. The fourth-order valence-corrected chi connectivity index (χ4v) is 1.25. The molecule has 0 amide bonds. The van der Waals surface area contributed by atoms with E-state index in [0.717, 1.165) is 5.69 Å². The molecule has 0 bridgehead atoms. The van der Waals surface area contributed by atoms with Crippen LogP contribution in [-0.4, -0.2) is 20.9 Å². The van der Waals surface area contributed by atoms with Crippen molar-refractivity contribution in [3.8, 4) is 5.75 Å². The molecule has 13 heavy (non-hydrogen) atoms. The molecule has 0 radical (unpaired) electrons. The predicted molar refractivity (Wildman–Crippen MR) is 42.7 cm³/mol. The molecule has 0 aliphatic carbocycles. The van der Waals surface area contributed by atoms with Gasteiger partial charge in [0.05, 0.1) is 12.0 Å². The van der Waals surface area contributed by atoms with Crippen LogP contribution in [0.1, 0.15) is 5.69 Å². The Bertz CT molecular complexity index is 319. The molecular weight excluding hydrogens is 185 g/mol. The largest absolute Gasteiger partial charge is 1.00 e. The van der Waals surface area contributed by atoms with Crippen LogP contribution in [0.4, 0.5) is 0 Å². The van der Waals surface area contributed by atoms with Crippen molar-refractivity contribution in [3.05, 3.63) is 18.0 Å². The minimum Gasteiger partial charge on any atom is -0.768 e. The average molecular weight is 193 g/mol. The second-order valence-electron chi connectivity index (χ2n) is 2.21. The number of ether oxygens (including phenoxy) is 1. The summed E-state index contributed by atoms with van der Waals surface area (Å²) < 4.78 is 26.0. The van der Waals surface area contributed by atoms with Crippen LogP contribution in [0.5, 0.6) is 5.75 Å². The molecule has 4 nitrogen and oxygen atoms in total. The maximum Gasteiger partial charge on any atom is 1.00 e. The zero-order valence-electron chi connectivity index (χ0n) is 7.73. The van der Waals surface area contributed by atoms with Gasteiger partial charge in [-0.2, -0.15) is 0 Å². The molecule has 1 aromatic rings. The topological polar surface area (TPSA) is 62.2 Å².